The average Bonchev–Trinajstić information content (AvgIpc) is 2.43. The highest BCUT2D eigenvalue weighted by Crippen LogP contribution is 2.15. The van der Waals surface area contributed by atoms with Crippen LogP contribution in [0, 0.1) is 11.6 Å². The van der Waals surface area contributed by atoms with Gasteiger partial charge in [0.25, 0.3) is 0 Å². The number of nitrogens with zero attached hydrogens (tertiary/aromatic N) is 1. The van der Waals surface area contributed by atoms with Crippen molar-refractivity contribution in [3.05, 3.63) is 35.4 Å². The highest BCUT2D eigenvalue weighted by molar-refractivity contribution is 5.20. The molecule has 1 atom stereocenters. The van der Waals surface area contributed by atoms with Gasteiger partial charge < -0.3 is 10.1 Å². The number of halogens is 2. The maximum atomic E-state index is 13.1. The summed E-state index contributed by atoms with van der Waals surface area (Å²) in [6.45, 7) is 7.38. The molecule has 1 saturated heterocycles. The molecule has 1 heterocycles. The van der Waals surface area contributed by atoms with Crippen LogP contribution in [0.4, 0.5) is 8.78 Å². The second kappa shape index (κ2) is 7.67. The summed E-state index contributed by atoms with van der Waals surface area (Å²) in [6, 6.07) is 3.60. The Morgan fingerprint density at radius 1 is 1.20 bits per heavy atom. The van der Waals surface area contributed by atoms with Gasteiger partial charge in [0, 0.05) is 25.2 Å². The molecule has 5 heteroatoms. The van der Waals surface area contributed by atoms with Crippen LogP contribution in [0.3, 0.4) is 0 Å². The maximum Gasteiger partial charge on any atom is 0.126 e. The molecule has 1 aromatic rings. The largest absolute Gasteiger partial charge is 0.379 e. The van der Waals surface area contributed by atoms with Gasteiger partial charge in [-0.3, -0.25) is 4.90 Å². The smallest absolute Gasteiger partial charge is 0.126 e. The third kappa shape index (κ3) is 4.81. The van der Waals surface area contributed by atoms with Crippen LogP contribution in [0.1, 0.15) is 24.9 Å². The van der Waals surface area contributed by atoms with Crippen molar-refractivity contribution in [1.29, 1.82) is 0 Å². The number of hydrogen-bond acceptors (Lipinski definition) is 3. The minimum atomic E-state index is -0.526. The van der Waals surface area contributed by atoms with E-state index in [0.717, 1.165) is 51.9 Å². The predicted molar refractivity (Wildman–Crippen MR) is 74.7 cm³/mol. The van der Waals surface area contributed by atoms with E-state index in [2.05, 4.69) is 10.2 Å². The summed E-state index contributed by atoms with van der Waals surface area (Å²) in [7, 11) is 0. The fourth-order valence-electron chi connectivity index (χ4n) is 2.39. The van der Waals surface area contributed by atoms with Gasteiger partial charge in [-0.05, 0) is 44.1 Å². The molecule has 1 aliphatic rings. The molecule has 0 aliphatic carbocycles. The summed E-state index contributed by atoms with van der Waals surface area (Å²) in [6.07, 6.45) is 1.02. The van der Waals surface area contributed by atoms with Crippen molar-refractivity contribution >= 4 is 0 Å². The molecule has 0 spiro atoms. The van der Waals surface area contributed by atoms with Crippen LogP contribution in [0.15, 0.2) is 18.2 Å². The van der Waals surface area contributed by atoms with E-state index < -0.39 is 11.6 Å². The Labute approximate surface area is 118 Å². The van der Waals surface area contributed by atoms with Gasteiger partial charge in [-0.2, -0.15) is 0 Å². The third-order valence-corrected chi connectivity index (χ3v) is 3.59. The number of hydrogen-bond donors (Lipinski definition) is 1. The van der Waals surface area contributed by atoms with Gasteiger partial charge in [-0.1, -0.05) is 0 Å². The molecule has 0 amide bonds. The lowest BCUT2D eigenvalue weighted by atomic mass is 10.1. The van der Waals surface area contributed by atoms with Crippen molar-refractivity contribution in [2.45, 2.75) is 19.4 Å². The van der Waals surface area contributed by atoms with Crippen LogP contribution < -0.4 is 5.32 Å². The summed E-state index contributed by atoms with van der Waals surface area (Å²) >= 11 is 0. The van der Waals surface area contributed by atoms with E-state index in [1.54, 1.807) is 0 Å². The third-order valence-electron chi connectivity index (χ3n) is 3.59. The van der Waals surface area contributed by atoms with Gasteiger partial charge in [0.1, 0.15) is 11.6 Å². The second-order valence-electron chi connectivity index (χ2n) is 5.19. The molecule has 2 rings (SSSR count). The van der Waals surface area contributed by atoms with Gasteiger partial charge >= 0.3 is 0 Å². The van der Waals surface area contributed by atoms with Crippen molar-refractivity contribution in [1.82, 2.24) is 10.2 Å². The molecule has 20 heavy (non-hydrogen) atoms. The van der Waals surface area contributed by atoms with E-state index in [9.17, 15) is 8.78 Å². The zero-order valence-corrected chi connectivity index (χ0v) is 11.9. The molecule has 0 radical (unpaired) electrons. The zero-order chi connectivity index (χ0) is 14.4. The first-order valence-electron chi connectivity index (χ1n) is 7.14. The fourth-order valence-corrected chi connectivity index (χ4v) is 2.39. The van der Waals surface area contributed by atoms with Gasteiger partial charge in [-0.15, -0.1) is 0 Å². The van der Waals surface area contributed by atoms with Gasteiger partial charge in [0.15, 0.2) is 0 Å². The Balaban J connectivity index is 1.70. The first-order chi connectivity index (χ1) is 9.65. The quantitative estimate of drug-likeness (QED) is 0.812. The first kappa shape index (κ1) is 15.4. The fraction of sp³-hybridized carbons (Fsp3) is 0.600. The van der Waals surface area contributed by atoms with E-state index in [0.29, 0.717) is 5.56 Å². The predicted octanol–water partition coefficient (Wildman–Crippen LogP) is 2.34. The number of ether oxygens (including phenoxy) is 1. The molecule has 1 aromatic carbocycles. The Morgan fingerprint density at radius 2 is 1.85 bits per heavy atom. The van der Waals surface area contributed by atoms with E-state index >= 15 is 0 Å². The summed E-state index contributed by atoms with van der Waals surface area (Å²) in [5.41, 5.74) is 0.647. The highest BCUT2D eigenvalue weighted by Gasteiger charge is 2.11. The van der Waals surface area contributed by atoms with Gasteiger partial charge in [0.05, 0.1) is 13.2 Å². The van der Waals surface area contributed by atoms with Gasteiger partial charge in [0.2, 0.25) is 0 Å². The van der Waals surface area contributed by atoms with Crippen molar-refractivity contribution in [2.75, 3.05) is 39.4 Å². The SMILES string of the molecule is CC(NCCCN1CCOCC1)c1cc(F)cc(F)c1. The molecule has 1 unspecified atom stereocenters. The molecular formula is C15H22F2N2O. The second-order valence-corrected chi connectivity index (χ2v) is 5.19. The van der Waals surface area contributed by atoms with Crippen LogP contribution in [-0.4, -0.2) is 44.3 Å². The first-order valence-corrected chi connectivity index (χ1v) is 7.14. The standard InChI is InChI=1S/C15H22F2N2O/c1-12(13-9-14(16)11-15(17)10-13)18-3-2-4-19-5-7-20-8-6-19/h9-12,18H,2-8H2,1H3. The summed E-state index contributed by atoms with van der Waals surface area (Å²) < 4.78 is 31.6. The molecule has 3 nitrogen and oxygen atoms in total. The van der Waals surface area contributed by atoms with E-state index in [4.69, 9.17) is 4.74 Å². The lowest BCUT2D eigenvalue weighted by Crippen LogP contribution is -2.37. The molecular weight excluding hydrogens is 262 g/mol. The summed E-state index contributed by atoms with van der Waals surface area (Å²) in [5, 5.41) is 3.30. The maximum absolute atomic E-state index is 13.1. The van der Waals surface area contributed by atoms with Crippen LogP contribution in [0.25, 0.3) is 0 Å². The van der Waals surface area contributed by atoms with E-state index in [1.165, 1.54) is 12.1 Å². The topological polar surface area (TPSA) is 24.5 Å². The summed E-state index contributed by atoms with van der Waals surface area (Å²) in [4.78, 5) is 2.37. The van der Waals surface area contributed by atoms with Crippen molar-refractivity contribution < 1.29 is 13.5 Å². The number of benzene rings is 1. The van der Waals surface area contributed by atoms with Crippen LogP contribution in [-0.2, 0) is 4.74 Å². The van der Waals surface area contributed by atoms with Crippen LogP contribution in [0.2, 0.25) is 0 Å². The summed E-state index contributed by atoms with van der Waals surface area (Å²) in [5.74, 6) is -1.05. The van der Waals surface area contributed by atoms with Crippen LogP contribution in [0.5, 0.6) is 0 Å². The Morgan fingerprint density at radius 3 is 2.50 bits per heavy atom. The van der Waals surface area contributed by atoms with Crippen LogP contribution >= 0.6 is 0 Å². The van der Waals surface area contributed by atoms with Crippen molar-refractivity contribution in [3.63, 3.8) is 0 Å². The molecule has 112 valence electrons. The Bertz CT molecular complexity index is 402. The number of morpholine rings is 1. The monoisotopic (exact) mass is 284 g/mol. The lowest BCUT2D eigenvalue weighted by molar-refractivity contribution is 0.0374. The molecule has 1 fully saturated rings. The normalized spacial score (nSPS) is 18.1. The lowest BCUT2D eigenvalue weighted by Gasteiger charge is -2.26. The molecule has 0 saturated carbocycles. The highest BCUT2D eigenvalue weighted by atomic mass is 19.1. The minimum Gasteiger partial charge on any atom is -0.379 e. The van der Waals surface area contributed by atoms with E-state index in [-0.39, 0.29) is 6.04 Å². The minimum absolute atomic E-state index is 0.0510. The number of nitrogens with one attached hydrogen (secondary N) is 1. The Kier molecular flexibility index (Phi) is 5.88. The number of rotatable bonds is 6. The molecule has 0 aromatic heterocycles. The molecule has 0 bridgehead atoms. The Hall–Kier alpha value is -1.04. The van der Waals surface area contributed by atoms with E-state index in [1.807, 2.05) is 6.92 Å². The van der Waals surface area contributed by atoms with Gasteiger partial charge in [-0.25, -0.2) is 8.78 Å². The molecule has 1 N–H and O–H groups in total. The van der Waals surface area contributed by atoms with Crippen molar-refractivity contribution in [2.24, 2.45) is 0 Å². The average molecular weight is 284 g/mol. The zero-order valence-electron chi connectivity index (χ0n) is 11.9. The molecule has 1 aliphatic heterocycles. The van der Waals surface area contributed by atoms with Crippen molar-refractivity contribution in [3.8, 4) is 0 Å².